The molecule has 2 saturated heterocycles. The molecule has 0 spiro atoms. The van der Waals surface area contributed by atoms with Crippen LogP contribution < -0.4 is 38.5 Å². The molecule has 21 nitrogen and oxygen atoms in total. The first-order chi connectivity index (χ1) is 32.7. The van der Waals surface area contributed by atoms with E-state index in [9.17, 15) is 66.9 Å². The van der Waals surface area contributed by atoms with Gasteiger partial charge in [0.05, 0.1) is 61.8 Å². The highest BCUT2D eigenvalue weighted by Gasteiger charge is 2.41. The maximum Gasteiger partial charge on any atom is 0.304 e. The molecule has 70 heavy (non-hydrogen) atoms. The van der Waals surface area contributed by atoms with E-state index < -0.39 is 182 Å². The molecule has 2 heterocycles. The number of aliphatic hydroxyl groups excluding tert-OH is 1. The van der Waals surface area contributed by atoms with Crippen molar-refractivity contribution in [3.8, 4) is 0 Å². The van der Waals surface area contributed by atoms with E-state index >= 15 is 0 Å². The van der Waals surface area contributed by atoms with Gasteiger partial charge < -0.3 is 53.6 Å². The summed E-state index contributed by atoms with van der Waals surface area (Å²) in [6.45, 7) is 5.81. The van der Waals surface area contributed by atoms with Gasteiger partial charge in [-0.25, -0.2) is 8.78 Å². The number of carboxylic acid groups (broad SMARTS) is 1. The third-order valence-corrected chi connectivity index (χ3v) is 14.1. The summed E-state index contributed by atoms with van der Waals surface area (Å²) in [5.41, 5.74) is 16.9. The quantitative estimate of drug-likeness (QED) is 0.0560. The molecule has 0 radical (unpaired) electrons. The molecular formula is C45H65F2N9O12S2. The van der Waals surface area contributed by atoms with Crippen LogP contribution in [0.2, 0.25) is 0 Å². The van der Waals surface area contributed by atoms with Gasteiger partial charge >= 0.3 is 5.97 Å². The van der Waals surface area contributed by atoms with E-state index in [1.54, 1.807) is 6.92 Å². The summed E-state index contributed by atoms with van der Waals surface area (Å²) in [7, 11) is 2.12. The topological polar surface area (TPSA) is 353 Å². The molecule has 388 valence electrons. The van der Waals surface area contributed by atoms with Gasteiger partial charge in [-0.05, 0) is 49.3 Å². The molecule has 2 fully saturated rings. The van der Waals surface area contributed by atoms with Crippen LogP contribution in [0, 0.1) is 34.8 Å². The van der Waals surface area contributed by atoms with Crippen LogP contribution in [0.15, 0.2) is 23.2 Å². The van der Waals surface area contributed by atoms with Crippen molar-refractivity contribution in [2.45, 2.75) is 116 Å². The predicted octanol–water partition coefficient (Wildman–Crippen LogP) is -0.327. The van der Waals surface area contributed by atoms with E-state index in [1.807, 2.05) is 20.8 Å². The molecular weight excluding hydrogens is 961 g/mol. The van der Waals surface area contributed by atoms with Crippen molar-refractivity contribution in [1.82, 2.24) is 26.2 Å². The molecule has 12 N–H and O–H groups in total. The van der Waals surface area contributed by atoms with Gasteiger partial charge in [-0.15, -0.1) is 0 Å². The number of Topliss-reactive ketones (excluding diaryl/α,β-unsaturated/α-hetero) is 3. The lowest BCUT2D eigenvalue weighted by Gasteiger charge is -2.33. The Morgan fingerprint density at radius 3 is 2.13 bits per heavy atom. The van der Waals surface area contributed by atoms with Gasteiger partial charge in [-0.3, -0.25) is 52.9 Å². The number of carboxylic acids is 1. The van der Waals surface area contributed by atoms with Crippen LogP contribution in [-0.2, 0) is 54.4 Å². The third-order valence-electron chi connectivity index (χ3n) is 11.6. The minimum absolute atomic E-state index is 0.0475. The van der Waals surface area contributed by atoms with Gasteiger partial charge in [-0.1, -0.05) is 42.4 Å². The van der Waals surface area contributed by atoms with E-state index in [0.717, 1.165) is 38.6 Å². The number of hydrogen-bond acceptors (Lipinski definition) is 15. The largest absolute Gasteiger partial charge is 0.481 e. The van der Waals surface area contributed by atoms with Crippen LogP contribution in [-0.4, -0.2) is 148 Å². The first kappa shape index (κ1) is 58.8. The summed E-state index contributed by atoms with van der Waals surface area (Å²) >= 11 is 0. The number of ketones is 3. The zero-order valence-electron chi connectivity index (χ0n) is 39.6. The number of carbonyl (C=O) groups is 10. The summed E-state index contributed by atoms with van der Waals surface area (Å²) in [5, 5.41) is 30.3. The number of primary amides is 1. The number of aliphatic hydroxyl groups is 1. The molecule has 2 aliphatic rings. The van der Waals surface area contributed by atoms with Gasteiger partial charge in [0.2, 0.25) is 35.4 Å². The van der Waals surface area contributed by atoms with E-state index in [2.05, 4.69) is 26.3 Å². The number of fused-ring (bicyclic) bond motifs is 1. The van der Waals surface area contributed by atoms with Crippen LogP contribution in [0.1, 0.15) is 84.6 Å². The number of nitrogens with two attached hydrogens (primary N) is 3. The number of aliphatic imine (C=N–C) groups is 1. The lowest BCUT2D eigenvalue weighted by molar-refractivity contribution is -0.142. The maximum atomic E-state index is 14.2. The molecule has 6 amide bonds. The van der Waals surface area contributed by atoms with Gasteiger partial charge in [0.15, 0.2) is 17.3 Å². The Hall–Kier alpha value is -5.53. The summed E-state index contributed by atoms with van der Waals surface area (Å²) in [5.74, 6) is -14.8. The van der Waals surface area contributed by atoms with Crippen molar-refractivity contribution in [3.05, 3.63) is 35.4 Å². The van der Waals surface area contributed by atoms with Crippen LogP contribution in [0.4, 0.5) is 8.78 Å². The zero-order chi connectivity index (χ0) is 52.5. The number of aliphatic carboxylic acids is 1. The molecule has 1 aromatic rings. The minimum Gasteiger partial charge on any atom is -0.481 e. The molecule has 1 aromatic carbocycles. The number of nitrogens with one attached hydrogen (secondary N) is 4. The Morgan fingerprint density at radius 1 is 0.886 bits per heavy atom. The number of nitrogens with zero attached hydrogens (tertiary/aromatic N) is 2. The number of rotatable bonds is 12. The molecule has 0 saturated carbocycles. The van der Waals surface area contributed by atoms with Crippen molar-refractivity contribution in [2.75, 3.05) is 37.7 Å². The van der Waals surface area contributed by atoms with E-state index in [4.69, 9.17) is 17.2 Å². The Kier molecular flexibility index (Phi) is 23.3. The van der Waals surface area contributed by atoms with Gasteiger partial charge in [-0.2, -0.15) is 0 Å². The second-order valence-corrected chi connectivity index (χ2v) is 21.2. The Labute approximate surface area is 412 Å². The Balaban J connectivity index is 2.01. The van der Waals surface area contributed by atoms with Crippen molar-refractivity contribution in [1.29, 1.82) is 0 Å². The minimum atomic E-state index is -1.60. The highest BCUT2D eigenvalue weighted by molar-refractivity contribution is 8.76. The van der Waals surface area contributed by atoms with Crippen LogP contribution >= 0.6 is 21.6 Å². The number of carbonyl (C=O) groups excluding carboxylic acids is 9. The van der Waals surface area contributed by atoms with E-state index in [1.165, 1.54) is 0 Å². The lowest BCUT2D eigenvalue weighted by Crippen LogP contribution is -2.54. The van der Waals surface area contributed by atoms with Gasteiger partial charge in [0.25, 0.3) is 0 Å². The van der Waals surface area contributed by atoms with E-state index in [0.29, 0.717) is 31.3 Å². The molecule has 2 aliphatic heterocycles. The second-order valence-electron chi connectivity index (χ2n) is 18.6. The molecule has 0 aliphatic carbocycles. The summed E-state index contributed by atoms with van der Waals surface area (Å²) in [4.78, 5) is 138. The van der Waals surface area contributed by atoms with Crippen LogP contribution in [0.25, 0.3) is 0 Å². The highest BCUT2D eigenvalue weighted by atomic mass is 33.1. The summed E-state index contributed by atoms with van der Waals surface area (Å²) in [6, 6.07) is -2.28. The molecule has 3 rings (SSSR count). The predicted molar refractivity (Wildman–Crippen MR) is 255 cm³/mol. The molecule has 2 unspecified atom stereocenters. The number of amidine groups is 1. The van der Waals surface area contributed by atoms with E-state index in [-0.39, 0.29) is 23.5 Å². The lowest BCUT2D eigenvalue weighted by atomic mass is 9.83. The normalized spacial score (nSPS) is 25.3. The molecule has 0 bridgehead atoms. The average molecular weight is 1030 g/mol. The monoisotopic (exact) mass is 1030 g/mol. The number of amides is 6. The highest BCUT2D eigenvalue weighted by Crippen LogP contribution is 2.29. The summed E-state index contributed by atoms with van der Waals surface area (Å²) < 4.78 is 28.4. The fourth-order valence-corrected chi connectivity index (χ4v) is 10.3. The first-order valence-corrected chi connectivity index (χ1v) is 25.1. The summed E-state index contributed by atoms with van der Waals surface area (Å²) in [6.07, 6.45) is -4.34. The first-order valence-electron chi connectivity index (χ1n) is 22.7. The molecule has 0 aromatic heterocycles. The Bertz CT molecular complexity index is 2120. The number of halogens is 2. The van der Waals surface area contributed by atoms with Gasteiger partial charge in [0, 0.05) is 68.3 Å². The zero-order valence-corrected chi connectivity index (χ0v) is 41.3. The standard InChI is InChI=1S/C45H65F2N9O12S2/c1-23(48)51-7-5-6-37(45(2,3)4)55-43(67)27-13-36(60)33(17-38(50)61)54-44(68)34-16-31(58)20-56(34)39(62)19-53-41(65)25(8-24-9-28(46)15-29(47)10-24)11-30(57)18-52-42(66)26(14-40(63)64)12-35(59)32(49)22-70-69-21-27/h9-10,15,25-27,31-34,37,58H,5-8,11-14,16-22,49H2,1-4H3,(H2,48,51)(H2,50,61)(H,52,66)(H,53,65)(H,54,68)(H,55,67)(H,63,64)/t25-,26+,27+,31?,32+,33-,34?,37-/m0/s1. The van der Waals surface area contributed by atoms with Crippen molar-refractivity contribution < 1.29 is 66.9 Å². The number of benzene rings is 1. The SMILES string of the molecule is CC(N)=NCCC[C@H](NC(=O)[C@H]1CSSC[C@@H](N)C(=O)C[C@H](CC(=O)O)C(=O)NCC(=O)C[C@H](Cc2cc(F)cc(F)c2)C(=O)NCC(=O)N2CC(O)CC2C(=O)N[C@@H](CC(N)=O)C(=O)C1)C(C)(C)C. The fourth-order valence-electron chi connectivity index (χ4n) is 7.79. The fraction of sp³-hybridized carbons (Fsp3) is 0.622. The van der Waals surface area contributed by atoms with Crippen LogP contribution in [0.3, 0.4) is 0 Å². The second kappa shape index (κ2) is 27.8. The maximum absolute atomic E-state index is 14.2. The third kappa shape index (κ3) is 20.1. The average Bonchev–Trinajstić information content (AvgIpc) is 3.65. The molecule has 25 heteroatoms. The van der Waals surface area contributed by atoms with Crippen molar-refractivity contribution >= 4 is 86.2 Å². The smallest absolute Gasteiger partial charge is 0.304 e. The number of hydrogen-bond donors (Lipinski definition) is 9. The van der Waals surface area contributed by atoms with Crippen molar-refractivity contribution in [3.63, 3.8) is 0 Å². The molecule has 8 atom stereocenters. The van der Waals surface area contributed by atoms with Crippen LogP contribution in [0.5, 0.6) is 0 Å². The van der Waals surface area contributed by atoms with Gasteiger partial charge in [0.1, 0.15) is 17.7 Å². The van der Waals surface area contributed by atoms with Crippen molar-refractivity contribution in [2.24, 2.45) is 45.4 Å². The Morgan fingerprint density at radius 2 is 1.51 bits per heavy atom.